The second-order valence-corrected chi connectivity index (χ2v) is 6.07. The minimum absolute atomic E-state index is 0.418. The molecule has 0 spiro atoms. The Labute approximate surface area is 99.3 Å². The Morgan fingerprint density at radius 1 is 1.44 bits per heavy atom. The summed E-state index contributed by atoms with van der Waals surface area (Å²) in [5.41, 5.74) is 6.31. The van der Waals surface area contributed by atoms with Crippen molar-refractivity contribution in [1.82, 2.24) is 4.90 Å². The van der Waals surface area contributed by atoms with Crippen LogP contribution in [0, 0.1) is 11.3 Å². The molecule has 2 fully saturated rings. The lowest BCUT2D eigenvalue weighted by molar-refractivity contribution is 0.0206. The number of likely N-dealkylation sites (tertiary alicyclic amines) is 1. The van der Waals surface area contributed by atoms with Crippen LogP contribution in [0.3, 0.4) is 0 Å². The molecule has 0 amide bonds. The van der Waals surface area contributed by atoms with Crippen molar-refractivity contribution in [2.24, 2.45) is 17.1 Å². The average Bonchev–Trinajstić information content (AvgIpc) is 2.73. The normalized spacial score (nSPS) is 35.4. The third-order valence-corrected chi connectivity index (χ3v) is 4.43. The van der Waals surface area contributed by atoms with E-state index in [1.165, 1.54) is 25.8 Å². The number of hydrogen-bond donors (Lipinski definition) is 1. The van der Waals surface area contributed by atoms with Crippen LogP contribution in [0.25, 0.3) is 0 Å². The molecule has 0 aliphatic carbocycles. The highest BCUT2D eigenvalue weighted by Crippen LogP contribution is 2.35. The molecular formula is C13H26N2O. The summed E-state index contributed by atoms with van der Waals surface area (Å²) in [4.78, 5) is 2.55. The van der Waals surface area contributed by atoms with Gasteiger partial charge in [-0.3, -0.25) is 0 Å². The van der Waals surface area contributed by atoms with E-state index in [2.05, 4.69) is 18.7 Å². The topological polar surface area (TPSA) is 38.5 Å². The first-order valence-corrected chi connectivity index (χ1v) is 6.66. The minimum Gasteiger partial charge on any atom is -0.377 e. The smallest absolute Gasteiger partial charge is 0.0702 e. The zero-order valence-electron chi connectivity index (χ0n) is 10.7. The first-order chi connectivity index (χ1) is 7.62. The fourth-order valence-electron chi connectivity index (χ4n) is 2.94. The molecule has 0 aromatic rings. The van der Waals surface area contributed by atoms with E-state index in [4.69, 9.17) is 10.5 Å². The summed E-state index contributed by atoms with van der Waals surface area (Å²) in [5.74, 6) is 0.641. The second-order valence-electron chi connectivity index (χ2n) is 6.07. The fraction of sp³-hybridized carbons (Fsp3) is 1.00. The van der Waals surface area contributed by atoms with Crippen molar-refractivity contribution in [2.45, 2.75) is 39.2 Å². The monoisotopic (exact) mass is 226 g/mol. The van der Waals surface area contributed by atoms with E-state index in [-0.39, 0.29) is 0 Å². The molecule has 0 radical (unpaired) electrons. The van der Waals surface area contributed by atoms with E-state index in [9.17, 15) is 0 Å². The molecule has 0 aromatic carbocycles. The number of rotatable bonds is 3. The third-order valence-electron chi connectivity index (χ3n) is 4.43. The molecule has 2 atom stereocenters. The van der Waals surface area contributed by atoms with Crippen molar-refractivity contribution in [3.8, 4) is 0 Å². The van der Waals surface area contributed by atoms with Gasteiger partial charge >= 0.3 is 0 Å². The van der Waals surface area contributed by atoms with E-state index in [1.54, 1.807) is 0 Å². The molecule has 2 N–H and O–H groups in total. The molecule has 3 heteroatoms. The fourth-order valence-corrected chi connectivity index (χ4v) is 2.94. The number of ether oxygens (including phenoxy) is 1. The van der Waals surface area contributed by atoms with Gasteiger partial charge in [0.25, 0.3) is 0 Å². The summed E-state index contributed by atoms with van der Waals surface area (Å²) in [6, 6.07) is 0. The molecule has 3 nitrogen and oxygen atoms in total. The average molecular weight is 226 g/mol. The second kappa shape index (κ2) is 5.03. The van der Waals surface area contributed by atoms with E-state index >= 15 is 0 Å². The highest BCUT2D eigenvalue weighted by molar-refractivity contribution is 4.88. The lowest BCUT2D eigenvalue weighted by Gasteiger charge is -2.44. The highest BCUT2D eigenvalue weighted by atomic mass is 16.5. The quantitative estimate of drug-likeness (QED) is 0.792. The van der Waals surface area contributed by atoms with Crippen LogP contribution in [0.15, 0.2) is 0 Å². The Morgan fingerprint density at radius 3 is 2.88 bits per heavy atom. The standard InChI is InChI=1S/C13H26N2O/c1-13(2)5-6-15(9-11(13)8-14)10-12-4-3-7-16-12/h11-12H,3-10,14H2,1-2H3. The number of piperidine rings is 1. The van der Waals surface area contributed by atoms with Crippen LogP contribution in [0.2, 0.25) is 0 Å². The molecule has 94 valence electrons. The van der Waals surface area contributed by atoms with E-state index in [0.29, 0.717) is 17.4 Å². The van der Waals surface area contributed by atoms with Gasteiger partial charge < -0.3 is 15.4 Å². The van der Waals surface area contributed by atoms with Gasteiger partial charge in [0.1, 0.15) is 0 Å². The van der Waals surface area contributed by atoms with E-state index in [1.807, 2.05) is 0 Å². The largest absolute Gasteiger partial charge is 0.377 e. The van der Waals surface area contributed by atoms with Gasteiger partial charge in [0.15, 0.2) is 0 Å². The highest BCUT2D eigenvalue weighted by Gasteiger charge is 2.35. The summed E-state index contributed by atoms with van der Waals surface area (Å²) in [6.07, 6.45) is 4.23. The maximum atomic E-state index is 5.89. The van der Waals surface area contributed by atoms with Crippen LogP contribution in [-0.4, -0.2) is 43.8 Å². The van der Waals surface area contributed by atoms with Gasteiger partial charge in [-0.15, -0.1) is 0 Å². The molecule has 2 heterocycles. The molecule has 2 aliphatic rings. The van der Waals surface area contributed by atoms with Crippen LogP contribution in [0.1, 0.15) is 33.1 Å². The predicted molar refractivity (Wildman–Crippen MR) is 66.4 cm³/mol. The van der Waals surface area contributed by atoms with Gasteiger partial charge in [-0.05, 0) is 43.7 Å². The van der Waals surface area contributed by atoms with Gasteiger partial charge in [0.2, 0.25) is 0 Å². The summed E-state index contributed by atoms with van der Waals surface area (Å²) in [5, 5.41) is 0. The van der Waals surface area contributed by atoms with Crippen molar-refractivity contribution >= 4 is 0 Å². The number of hydrogen-bond acceptors (Lipinski definition) is 3. The van der Waals surface area contributed by atoms with Crippen LogP contribution in [-0.2, 0) is 4.74 Å². The first-order valence-electron chi connectivity index (χ1n) is 6.66. The zero-order valence-corrected chi connectivity index (χ0v) is 10.7. The van der Waals surface area contributed by atoms with Gasteiger partial charge in [-0.1, -0.05) is 13.8 Å². The van der Waals surface area contributed by atoms with Crippen molar-refractivity contribution in [3.63, 3.8) is 0 Å². The Morgan fingerprint density at radius 2 is 2.25 bits per heavy atom. The molecule has 2 aliphatic heterocycles. The van der Waals surface area contributed by atoms with E-state index < -0.39 is 0 Å². The van der Waals surface area contributed by atoms with Crippen LogP contribution in [0.4, 0.5) is 0 Å². The number of nitrogens with zero attached hydrogens (tertiary/aromatic N) is 1. The van der Waals surface area contributed by atoms with Gasteiger partial charge in [0.05, 0.1) is 6.10 Å². The summed E-state index contributed by atoms with van der Waals surface area (Å²) >= 11 is 0. The Hall–Kier alpha value is -0.120. The molecule has 2 saturated heterocycles. The molecule has 16 heavy (non-hydrogen) atoms. The Bertz CT molecular complexity index is 224. The molecule has 0 bridgehead atoms. The maximum Gasteiger partial charge on any atom is 0.0702 e. The van der Waals surface area contributed by atoms with Crippen LogP contribution in [0.5, 0.6) is 0 Å². The van der Waals surface area contributed by atoms with Crippen molar-refractivity contribution in [2.75, 3.05) is 32.8 Å². The zero-order chi connectivity index (χ0) is 11.6. The van der Waals surface area contributed by atoms with Crippen molar-refractivity contribution in [3.05, 3.63) is 0 Å². The van der Waals surface area contributed by atoms with Gasteiger partial charge in [0, 0.05) is 19.7 Å². The molecule has 2 rings (SSSR count). The summed E-state index contributed by atoms with van der Waals surface area (Å²) in [6.45, 7) is 9.97. The maximum absolute atomic E-state index is 5.89. The lowest BCUT2D eigenvalue weighted by Crippen LogP contribution is -2.49. The lowest BCUT2D eigenvalue weighted by atomic mass is 9.73. The van der Waals surface area contributed by atoms with Gasteiger partial charge in [-0.25, -0.2) is 0 Å². The first kappa shape index (κ1) is 12.3. The predicted octanol–water partition coefficient (Wildman–Crippen LogP) is 1.47. The minimum atomic E-state index is 0.418. The van der Waals surface area contributed by atoms with Gasteiger partial charge in [-0.2, -0.15) is 0 Å². The molecule has 0 saturated carbocycles. The van der Waals surface area contributed by atoms with Crippen molar-refractivity contribution < 1.29 is 4.74 Å². The summed E-state index contributed by atoms with van der Waals surface area (Å²) in [7, 11) is 0. The van der Waals surface area contributed by atoms with Crippen LogP contribution >= 0.6 is 0 Å². The van der Waals surface area contributed by atoms with E-state index in [0.717, 1.165) is 26.2 Å². The molecule has 2 unspecified atom stereocenters. The Kier molecular flexibility index (Phi) is 3.88. The molecular weight excluding hydrogens is 200 g/mol. The Balaban J connectivity index is 1.84. The molecule has 0 aromatic heterocycles. The SMILES string of the molecule is CC1(C)CCN(CC2CCCO2)CC1CN. The van der Waals surface area contributed by atoms with Crippen molar-refractivity contribution in [1.29, 1.82) is 0 Å². The summed E-state index contributed by atoms with van der Waals surface area (Å²) < 4.78 is 5.70. The number of nitrogens with two attached hydrogens (primary N) is 1. The third kappa shape index (κ3) is 2.76. The van der Waals surface area contributed by atoms with Crippen LogP contribution < -0.4 is 5.73 Å².